The van der Waals surface area contributed by atoms with E-state index in [-0.39, 0.29) is 11.7 Å². The van der Waals surface area contributed by atoms with Crippen LogP contribution in [0, 0.1) is 5.92 Å². The molecule has 0 N–H and O–H groups in total. The molecule has 2 aromatic carbocycles. The first-order valence-electron chi connectivity index (χ1n) is 8.71. The van der Waals surface area contributed by atoms with Gasteiger partial charge in [0.05, 0.1) is 5.92 Å². The van der Waals surface area contributed by atoms with E-state index in [0.29, 0.717) is 6.42 Å². The summed E-state index contributed by atoms with van der Waals surface area (Å²) in [6.45, 7) is 0.873. The fourth-order valence-electron chi connectivity index (χ4n) is 3.43. The molecule has 0 unspecified atom stereocenters. The van der Waals surface area contributed by atoms with E-state index in [9.17, 15) is 9.59 Å². The number of hydrogen-bond acceptors (Lipinski definition) is 3. The lowest BCUT2D eigenvalue weighted by Gasteiger charge is -2.24. The maximum absolute atomic E-state index is 13.1. The summed E-state index contributed by atoms with van der Waals surface area (Å²) in [5, 5.41) is 0. The molecule has 0 aromatic heterocycles. The van der Waals surface area contributed by atoms with Crippen molar-refractivity contribution in [2.24, 2.45) is 5.92 Å². The molecule has 1 aliphatic rings. The summed E-state index contributed by atoms with van der Waals surface area (Å²) in [7, 11) is 4.00. The van der Waals surface area contributed by atoms with E-state index in [1.807, 2.05) is 74.8 Å². The lowest BCUT2D eigenvalue weighted by Crippen LogP contribution is -2.29. The number of Topliss-reactive ketones (excluding diaryl/α,β-unsaturated/α-hetero) is 1. The van der Waals surface area contributed by atoms with Gasteiger partial charge in [0.2, 0.25) is 5.91 Å². The highest BCUT2D eigenvalue weighted by Gasteiger charge is 2.47. The molecular weight excluding hydrogens is 312 g/mol. The van der Waals surface area contributed by atoms with Crippen LogP contribution in [-0.4, -0.2) is 37.2 Å². The van der Waals surface area contributed by atoms with Crippen LogP contribution in [-0.2, 0) is 9.59 Å². The van der Waals surface area contributed by atoms with E-state index in [2.05, 4.69) is 4.90 Å². The van der Waals surface area contributed by atoms with E-state index in [1.54, 1.807) is 4.90 Å². The molecule has 2 aromatic rings. The van der Waals surface area contributed by atoms with Gasteiger partial charge in [-0.05, 0) is 51.2 Å². The van der Waals surface area contributed by atoms with Gasteiger partial charge in [0, 0.05) is 5.69 Å². The van der Waals surface area contributed by atoms with Crippen LogP contribution >= 0.6 is 0 Å². The maximum Gasteiger partial charge on any atom is 0.238 e. The largest absolute Gasteiger partial charge is 0.309 e. The maximum atomic E-state index is 13.1. The molecular formula is C21H24N2O2. The number of nitrogens with zero attached hydrogens (tertiary/aromatic N) is 2. The fraction of sp³-hybridized carbons (Fsp3) is 0.333. The van der Waals surface area contributed by atoms with E-state index in [4.69, 9.17) is 0 Å². The molecule has 2 atom stereocenters. The van der Waals surface area contributed by atoms with Gasteiger partial charge < -0.3 is 4.90 Å². The Kier molecular flexibility index (Phi) is 5.29. The molecule has 25 heavy (non-hydrogen) atoms. The normalized spacial score (nSPS) is 20.5. The average Bonchev–Trinajstić information content (AvgIpc) is 2.87. The number of carbonyl (C=O) groups excluding carboxylic acids is 2. The van der Waals surface area contributed by atoms with Crippen LogP contribution in [0.15, 0.2) is 60.7 Å². The molecule has 0 radical (unpaired) electrons. The van der Waals surface area contributed by atoms with Crippen molar-refractivity contribution in [1.29, 1.82) is 0 Å². The van der Waals surface area contributed by atoms with Gasteiger partial charge in [-0.1, -0.05) is 48.5 Å². The Bertz CT molecular complexity index is 671. The van der Waals surface area contributed by atoms with Crippen LogP contribution < -0.4 is 4.90 Å². The number of hydrogen-bond donors (Lipinski definition) is 0. The monoisotopic (exact) mass is 336 g/mol. The molecule has 130 valence electrons. The third-order valence-corrected chi connectivity index (χ3v) is 4.65. The van der Waals surface area contributed by atoms with E-state index < -0.39 is 12.0 Å². The zero-order chi connectivity index (χ0) is 17.8. The second kappa shape index (κ2) is 7.62. The van der Waals surface area contributed by atoms with Crippen molar-refractivity contribution >= 4 is 17.4 Å². The molecule has 4 nitrogen and oxygen atoms in total. The standard InChI is InChI=1S/C21H24N2O2/c1-22(2)15-9-14-18-20(24)19(16-10-5-3-6-11-16)23(21(18)25)17-12-7-4-8-13-17/h3-8,10-13,18-19H,9,14-15H2,1-2H3/t18-,19-/m0/s1. The molecule has 1 amide bonds. The minimum Gasteiger partial charge on any atom is -0.309 e. The van der Waals surface area contributed by atoms with Crippen molar-refractivity contribution in [1.82, 2.24) is 4.90 Å². The molecule has 0 saturated carbocycles. The van der Waals surface area contributed by atoms with Gasteiger partial charge in [0.15, 0.2) is 5.78 Å². The van der Waals surface area contributed by atoms with Crippen molar-refractivity contribution in [3.05, 3.63) is 66.2 Å². The van der Waals surface area contributed by atoms with Gasteiger partial charge in [-0.3, -0.25) is 14.5 Å². The van der Waals surface area contributed by atoms with Crippen LogP contribution in [0.25, 0.3) is 0 Å². The summed E-state index contributed by atoms with van der Waals surface area (Å²) in [6, 6.07) is 18.6. The zero-order valence-corrected chi connectivity index (χ0v) is 14.8. The molecule has 0 bridgehead atoms. The van der Waals surface area contributed by atoms with Crippen LogP contribution in [0.2, 0.25) is 0 Å². The zero-order valence-electron chi connectivity index (χ0n) is 14.8. The average molecular weight is 336 g/mol. The van der Waals surface area contributed by atoms with Crippen LogP contribution in [0.1, 0.15) is 24.4 Å². The van der Waals surface area contributed by atoms with E-state index in [1.165, 1.54) is 0 Å². The number of rotatable bonds is 6. The first-order chi connectivity index (χ1) is 12.1. The van der Waals surface area contributed by atoms with Crippen molar-refractivity contribution in [3.8, 4) is 0 Å². The lowest BCUT2D eigenvalue weighted by molar-refractivity contribution is -0.127. The van der Waals surface area contributed by atoms with Gasteiger partial charge in [0.1, 0.15) is 6.04 Å². The Morgan fingerprint density at radius 3 is 2.12 bits per heavy atom. The van der Waals surface area contributed by atoms with Crippen molar-refractivity contribution < 1.29 is 9.59 Å². The molecule has 0 spiro atoms. The SMILES string of the molecule is CN(C)CCC[C@H]1C(=O)[C@H](c2ccccc2)N(c2ccccc2)C1=O. The quantitative estimate of drug-likeness (QED) is 0.760. The number of carbonyl (C=O) groups is 2. The number of anilines is 1. The summed E-state index contributed by atoms with van der Waals surface area (Å²) in [5.41, 5.74) is 1.66. The first kappa shape index (κ1) is 17.4. The van der Waals surface area contributed by atoms with Gasteiger partial charge in [-0.25, -0.2) is 0 Å². The lowest BCUT2D eigenvalue weighted by atomic mass is 9.94. The fourth-order valence-corrected chi connectivity index (χ4v) is 3.43. The third-order valence-electron chi connectivity index (χ3n) is 4.65. The van der Waals surface area contributed by atoms with Crippen LogP contribution in [0.5, 0.6) is 0 Å². The van der Waals surface area contributed by atoms with Crippen molar-refractivity contribution in [3.63, 3.8) is 0 Å². The third kappa shape index (κ3) is 3.64. The first-order valence-corrected chi connectivity index (χ1v) is 8.71. The highest BCUT2D eigenvalue weighted by Crippen LogP contribution is 2.38. The number of amides is 1. The smallest absolute Gasteiger partial charge is 0.238 e. The van der Waals surface area contributed by atoms with Gasteiger partial charge in [-0.15, -0.1) is 0 Å². The summed E-state index contributed by atoms with van der Waals surface area (Å²) in [5.74, 6) is -0.618. The van der Waals surface area contributed by atoms with Crippen molar-refractivity contribution in [2.75, 3.05) is 25.5 Å². The molecule has 4 heteroatoms. The summed E-state index contributed by atoms with van der Waals surface area (Å²) in [6.07, 6.45) is 1.43. The predicted octanol–water partition coefficient (Wildman–Crippen LogP) is 3.30. The van der Waals surface area contributed by atoms with Crippen LogP contribution in [0.3, 0.4) is 0 Å². The highest BCUT2D eigenvalue weighted by molar-refractivity contribution is 6.19. The number of ketones is 1. The van der Waals surface area contributed by atoms with E-state index in [0.717, 1.165) is 24.2 Å². The minimum absolute atomic E-state index is 0.0128. The second-order valence-corrected chi connectivity index (χ2v) is 6.76. The summed E-state index contributed by atoms with van der Waals surface area (Å²) < 4.78 is 0. The predicted molar refractivity (Wildman–Crippen MR) is 99.4 cm³/mol. The summed E-state index contributed by atoms with van der Waals surface area (Å²) >= 11 is 0. The second-order valence-electron chi connectivity index (χ2n) is 6.76. The Balaban J connectivity index is 1.93. The molecule has 0 aliphatic carbocycles. The Morgan fingerprint density at radius 1 is 0.920 bits per heavy atom. The Labute approximate surface area is 149 Å². The van der Waals surface area contributed by atoms with E-state index >= 15 is 0 Å². The topological polar surface area (TPSA) is 40.6 Å². The molecule has 1 heterocycles. The Morgan fingerprint density at radius 2 is 1.52 bits per heavy atom. The van der Waals surface area contributed by atoms with Gasteiger partial charge in [0.25, 0.3) is 0 Å². The molecule has 1 fully saturated rings. The van der Waals surface area contributed by atoms with Crippen LogP contribution in [0.4, 0.5) is 5.69 Å². The summed E-state index contributed by atoms with van der Waals surface area (Å²) in [4.78, 5) is 29.9. The molecule has 3 rings (SSSR count). The number of benzene rings is 2. The highest BCUT2D eigenvalue weighted by atomic mass is 16.2. The molecule has 1 saturated heterocycles. The Hall–Kier alpha value is -2.46. The number of para-hydroxylation sites is 1. The minimum atomic E-state index is -0.551. The van der Waals surface area contributed by atoms with Gasteiger partial charge >= 0.3 is 0 Å². The van der Waals surface area contributed by atoms with Crippen molar-refractivity contribution in [2.45, 2.75) is 18.9 Å². The van der Waals surface area contributed by atoms with Gasteiger partial charge in [-0.2, -0.15) is 0 Å². The molecule has 1 aliphatic heterocycles.